The summed E-state index contributed by atoms with van der Waals surface area (Å²) < 4.78 is 4.81. The van der Waals surface area contributed by atoms with E-state index >= 15 is 0 Å². The minimum atomic E-state index is -0.240. The number of aryl methyl sites for hydroxylation is 1. The Bertz CT molecular complexity index is 325. The van der Waals surface area contributed by atoms with Gasteiger partial charge < -0.3 is 9.84 Å². The van der Waals surface area contributed by atoms with E-state index in [2.05, 4.69) is 10.5 Å². The van der Waals surface area contributed by atoms with Gasteiger partial charge in [-0.1, -0.05) is 12.1 Å². The summed E-state index contributed by atoms with van der Waals surface area (Å²) in [5, 5.41) is 6.47. The number of alkyl halides is 1. The highest BCUT2D eigenvalue weighted by Crippen LogP contribution is 2.05. The lowest BCUT2D eigenvalue weighted by atomic mass is 10.2. The Balaban J connectivity index is 2.31. The van der Waals surface area contributed by atoms with Crippen LogP contribution in [-0.2, 0) is 0 Å². The molecule has 1 aromatic heterocycles. The molecule has 0 aliphatic rings. The van der Waals surface area contributed by atoms with E-state index < -0.39 is 0 Å². The molecule has 4 nitrogen and oxygen atoms in total. The van der Waals surface area contributed by atoms with Crippen LogP contribution in [0.1, 0.15) is 36.0 Å². The van der Waals surface area contributed by atoms with E-state index in [4.69, 9.17) is 16.1 Å². The zero-order chi connectivity index (χ0) is 11.3. The molecule has 1 N–H and O–H groups in total. The average Bonchev–Trinajstić information content (AvgIpc) is 2.64. The molecule has 0 radical (unpaired) electrons. The smallest absolute Gasteiger partial charge is 0.289 e. The van der Waals surface area contributed by atoms with Crippen molar-refractivity contribution in [3.63, 3.8) is 0 Å². The third-order valence-corrected chi connectivity index (χ3v) is 2.56. The maximum Gasteiger partial charge on any atom is 0.289 e. The molecule has 1 rings (SSSR count). The number of halogens is 1. The van der Waals surface area contributed by atoms with Crippen molar-refractivity contribution < 1.29 is 9.32 Å². The quantitative estimate of drug-likeness (QED) is 0.789. The lowest BCUT2D eigenvalue weighted by molar-refractivity contribution is 0.0916. The van der Waals surface area contributed by atoms with Gasteiger partial charge in [-0.3, -0.25) is 4.79 Å². The molecule has 0 aliphatic heterocycles. The Morgan fingerprint density at radius 3 is 3.00 bits per heavy atom. The molecule has 15 heavy (non-hydrogen) atoms. The Morgan fingerprint density at radius 2 is 2.47 bits per heavy atom. The predicted molar refractivity (Wildman–Crippen MR) is 58.1 cm³/mol. The van der Waals surface area contributed by atoms with E-state index in [9.17, 15) is 4.79 Å². The van der Waals surface area contributed by atoms with Crippen molar-refractivity contribution in [3.8, 4) is 0 Å². The largest absolute Gasteiger partial charge is 0.351 e. The van der Waals surface area contributed by atoms with E-state index in [-0.39, 0.29) is 17.0 Å². The summed E-state index contributed by atoms with van der Waals surface area (Å²) >= 11 is 5.91. The van der Waals surface area contributed by atoms with Crippen molar-refractivity contribution >= 4 is 17.5 Å². The lowest BCUT2D eigenvalue weighted by Crippen LogP contribution is -2.25. The molecular formula is C10H15ClN2O2. The molecule has 0 fully saturated rings. The number of nitrogens with one attached hydrogen (secondary N) is 1. The molecule has 0 saturated carbocycles. The molecular weight excluding hydrogens is 216 g/mol. The number of hydrogen-bond acceptors (Lipinski definition) is 3. The zero-order valence-electron chi connectivity index (χ0n) is 8.92. The van der Waals surface area contributed by atoms with Gasteiger partial charge in [0.2, 0.25) is 5.76 Å². The Kier molecular flexibility index (Phi) is 4.62. The van der Waals surface area contributed by atoms with Crippen molar-refractivity contribution in [1.82, 2.24) is 10.5 Å². The number of nitrogens with zero attached hydrogens (tertiary/aromatic N) is 1. The standard InChI is InChI=1S/C10H15ClN2O2/c1-3-8(11)4-5-12-10(14)9-6-7(2)13-15-9/h6,8H,3-5H2,1-2H3,(H,12,14). The van der Waals surface area contributed by atoms with Crippen molar-refractivity contribution in [2.24, 2.45) is 0 Å². The second kappa shape index (κ2) is 5.75. The molecule has 1 atom stereocenters. The van der Waals surface area contributed by atoms with Gasteiger partial charge in [0.25, 0.3) is 5.91 Å². The molecule has 0 aliphatic carbocycles. The van der Waals surface area contributed by atoms with Crippen LogP contribution in [0.25, 0.3) is 0 Å². The fraction of sp³-hybridized carbons (Fsp3) is 0.600. The molecule has 1 heterocycles. The van der Waals surface area contributed by atoms with Crippen LogP contribution in [0.5, 0.6) is 0 Å². The van der Waals surface area contributed by atoms with Crippen LogP contribution in [-0.4, -0.2) is 23.0 Å². The molecule has 5 heteroatoms. The first-order valence-electron chi connectivity index (χ1n) is 4.99. The van der Waals surface area contributed by atoms with Crippen LogP contribution in [0.15, 0.2) is 10.6 Å². The van der Waals surface area contributed by atoms with Crippen LogP contribution in [0, 0.1) is 6.92 Å². The van der Waals surface area contributed by atoms with E-state index in [1.807, 2.05) is 6.92 Å². The summed E-state index contributed by atoms with van der Waals surface area (Å²) in [6, 6.07) is 1.60. The fourth-order valence-electron chi connectivity index (χ4n) is 1.10. The second-order valence-corrected chi connectivity index (χ2v) is 4.00. The molecule has 0 spiro atoms. The first-order valence-corrected chi connectivity index (χ1v) is 5.42. The van der Waals surface area contributed by atoms with Gasteiger partial charge in [-0.05, 0) is 19.8 Å². The maximum atomic E-state index is 11.4. The summed E-state index contributed by atoms with van der Waals surface area (Å²) in [6.45, 7) is 4.34. The third kappa shape index (κ3) is 3.91. The first-order chi connectivity index (χ1) is 7.13. The van der Waals surface area contributed by atoms with Gasteiger partial charge in [0.1, 0.15) is 0 Å². The predicted octanol–water partition coefficient (Wildman–Crippen LogP) is 2.12. The number of aromatic nitrogens is 1. The Labute approximate surface area is 94.0 Å². The van der Waals surface area contributed by atoms with Crippen LogP contribution in [0.3, 0.4) is 0 Å². The molecule has 1 unspecified atom stereocenters. The summed E-state index contributed by atoms with van der Waals surface area (Å²) in [5.41, 5.74) is 0.698. The fourth-order valence-corrected chi connectivity index (χ4v) is 1.21. The van der Waals surface area contributed by atoms with Gasteiger partial charge in [0.15, 0.2) is 0 Å². The van der Waals surface area contributed by atoms with Crippen LogP contribution < -0.4 is 5.32 Å². The highest BCUT2D eigenvalue weighted by atomic mass is 35.5. The van der Waals surface area contributed by atoms with Gasteiger partial charge in [-0.15, -0.1) is 11.6 Å². The molecule has 84 valence electrons. The van der Waals surface area contributed by atoms with Gasteiger partial charge in [-0.2, -0.15) is 0 Å². The van der Waals surface area contributed by atoms with Gasteiger partial charge in [0.05, 0.1) is 5.69 Å². The van der Waals surface area contributed by atoms with Gasteiger partial charge in [0, 0.05) is 18.0 Å². The third-order valence-electron chi connectivity index (χ3n) is 2.04. The number of rotatable bonds is 5. The van der Waals surface area contributed by atoms with Gasteiger partial charge >= 0.3 is 0 Å². The van der Waals surface area contributed by atoms with E-state index in [1.54, 1.807) is 13.0 Å². The van der Waals surface area contributed by atoms with Crippen LogP contribution in [0.2, 0.25) is 0 Å². The molecule has 0 saturated heterocycles. The second-order valence-electron chi connectivity index (χ2n) is 3.38. The average molecular weight is 231 g/mol. The summed E-state index contributed by atoms with van der Waals surface area (Å²) in [4.78, 5) is 11.4. The van der Waals surface area contributed by atoms with Crippen LogP contribution in [0.4, 0.5) is 0 Å². The summed E-state index contributed by atoms with van der Waals surface area (Å²) in [7, 11) is 0. The van der Waals surface area contributed by atoms with E-state index in [0.29, 0.717) is 12.2 Å². The van der Waals surface area contributed by atoms with Gasteiger partial charge in [-0.25, -0.2) is 0 Å². The monoisotopic (exact) mass is 230 g/mol. The molecule has 0 bridgehead atoms. The number of carbonyl (C=O) groups excluding carboxylic acids is 1. The molecule has 1 aromatic rings. The topological polar surface area (TPSA) is 55.1 Å². The van der Waals surface area contributed by atoms with Crippen molar-refractivity contribution in [1.29, 1.82) is 0 Å². The zero-order valence-corrected chi connectivity index (χ0v) is 9.67. The lowest BCUT2D eigenvalue weighted by Gasteiger charge is -2.06. The van der Waals surface area contributed by atoms with Crippen molar-refractivity contribution in [3.05, 3.63) is 17.5 Å². The first kappa shape index (κ1) is 12.0. The number of hydrogen-bond donors (Lipinski definition) is 1. The maximum absolute atomic E-state index is 11.4. The van der Waals surface area contributed by atoms with E-state index in [1.165, 1.54) is 0 Å². The van der Waals surface area contributed by atoms with E-state index in [0.717, 1.165) is 12.8 Å². The number of carbonyl (C=O) groups is 1. The highest BCUT2D eigenvalue weighted by molar-refractivity contribution is 6.20. The minimum absolute atomic E-state index is 0.113. The minimum Gasteiger partial charge on any atom is -0.351 e. The van der Waals surface area contributed by atoms with Crippen molar-refractivity contribution in [2.45, 2.75) is 32.1 Å². The molecule has 1 amide bonds. The number of amides is 1. The Hall–Kier alpha value is -1.03. The Morgan fingerprint density at radius 1 is 1.73 bits per heavy atom. The molecule has 0 aromatic carbocycles. The summed E-state index contributed by atoms with van der Waals surface area (Å²) in [6.07, 6.45) is 1.66. The summed E-state index contributed by atoms with van der Waals surface area (Å²) in [5.74, 6) is 0.00527. The highest BCUT2D eigenvalue weighted by Gasteiger charge is 2.11. The normalized spacial score (nSPS) is 12.5. The van der Waals surface area contributed by atoms with Crippen molar-refractivity contribution in [2.75, 3.05) is 6.54 Å². The van der Waals surface area contributed by atoms with Crippen LogP contribution >= 0.6 is 11.6 Å². The SMILES string of the molecule is CCC(Cl)CCNC(=O)c1cc(C)no1.